The lowest BCUT2D eigenvalue weighted by atomic mass is 10.1. The van der Waals surface area contributed by atoms with E-state index in [1.54, 1.807) is 0 Å². The standard InChI is InChI=1S/C13H13Cl2NOP2.BrH/c14-9-2-1-3-10(15)11(9)12-8(6-19-18)13(17-16-12)7-4-5-7;/h1-3,7,19H,4-6,18H2;1H. The second-order valence-electron chi connectivity index (χ2n) is 4.63. The normalized spacial score (nSPS) is 14.8. The fourth-order valence-corrected chi connectivity index (χ4v) is 3.92. The monoisotopic (exact) mass is 411 g/mol. The van der Waals surface area contributed by atoms with Crippen LogP contribution >= 0.6 is 57.4 Å². The van der Waals surface area contributed by atoms with Crippen molar-refractivity contribution < 1.29 is 4.52 Å². The Balaban J connectivity index is 0.00000147. The van der Waals surface area contributed by atoms with E-state index in [2.05, 4.69) is 14.1 Å². The molecule has 2 aromatic rings. The van der Waals surface area contributed by atoms with Gasteiger partial charge in [-0.3, -0.25) is 0 Å². The zero-order valence-corrected chi connectivity index (χ0v) is 15.9. The molecule has 20 heavy (non-hydrogen) atoms. The number of halogens is 3. The van der Waals surface area contributed by atoms with Gasteiger partial charge >= 0.3 is 0 Å². The van der Waals surface area contributed by atoms with Gasteiger partial charge in [-0.25, -0.2) is 0 Å². The van der Waals surface area contributed by atoms with Crippen LogP contribution < -0.4 is 0 Å². The quantitative estimate of drug-likeness (QED) is 0.569. The third-order valence-corrected chi connectivity index (χ3v) is 5.05. The molecule has 1 saturated carbocycles. The molecule has 0 amide bonds. The Labute approximate surface area is 142 Å². The largest absolute Gasteiger partial charge is 0.360 e. The first kappa shape index (κ1) is 16.7. The van der Waals surface area contributed by atoms with Crippen LogP contribution in [0, 0.1) is 0 Å². The molecule has 3 rings (SSSR count). The molecule has 0 aliphatic heterocycles. The second kappa shape index (κ2) is 7.07. The highest BCUT2D eigenvalue weighted by Gasteiger charge is 2.32. The fourth-order valence-electron chi connectivity index (χ4n) is 2.18. The lowest BCUT2D eigenvalue weighted by Gasteiger charge is -2.06. The van der Waals surface area contributed by atoms with Gasteiger partial charge in [0.15, 0.2) is 0 Å². The number of benzene rings is 1. The Morgan fingerprint density at radius 2 is 1.95 bits per heavy atom. The van der Waals surface area contributed by atoms with Crippen LogP contribution in [0.25, 0.3) is 11.3 Å². The van der Waals surface area contributed by atoms with E-state index in [0.717, 1.165) is 31.4 Å². The summed E-state index contributed by atoms with van der Waals surface area (Å²) in [6.07, 6.45) is 3.33. The van der Waals surface area contributed by atoms with Crippen molar-refractivity contribution in [2.24, 2.45) is 0 Å². The van der Waals surface area contributed by atoms with E-state index in [1.807, 2.05) is 18.2 Å². The molecule has 1 aromatic heterocycles. The molecular weight excluding hydrogens is 399 g/mol. The van der Waals surface area contributed by atoms with Crippen molar-refractivity contribution in [2.45, 2.75) is 24.9 Å². The number of hydrogen-bond acceptors (Lipinski definition) is 2. The first-order valence-corrected chi connectivity index (χ1v) is 9.86. The maximum Gasteiger partial charge on any atom is 0.143 e. The molecular formula is C13H14BrCl2NOP2. The lowest BCUT2D eigenvalue weighted by Crippen LogP contribution is -1.89. The maximum absolute atomic E-state index is 6.27. The van der Waals surface area contributed by atoms with Crippen LogP contribution in [0.5, 0.6) is 0 Å². The minimum Gasteiger partial charge on any atom is -0.360 e. The molecule has 0 spiro atoms. The lowest BCUT2D eigenvalue weighted by molar-refractivity contribution is 0.385. The van der Waals surface area contributed by atoms with Crippen LogP contribution in [-0.2, 0) is 6.16 Å². The molecule has 0 radical (unpaired) electrons. The summed E-state index contributed by atoms with van der Waals surface area (Å²) in [5.74, 6) is 1.57. The van der Waals surface area contributed by atoms with E-state index in [1.165, 1.54) is 18.4 Å². The van der Waals surface area contributed by atoms with E-state index in [9.17, 15) is 0 Å². The van der Waals surface area contributed by atoms with Gasteiger partial charge in [0.25, 0.3) is 0 Å². The predicted octanol–water partition coefficient (Wildman–Crippen LogP) is 6.07. The van der Waals surface area contributed by atoms with E-state index >= 15 is 0 Å². The average molecular weight is 413 g/mol. The molecule has 0 saturated heterocycles. The Kier molecular flexibility index (Phi) is 5.91. The smallest absolute Gasteiger partial charge is 0.143 e. The Bertz CT molecular complexity index is 596. The van der Waals surface area contributed by atoms with Gasteiger partial charge in [0, 0.05) is 17.0 Å². The highest BCUT2D eigenvalue weighted by Crippen LogP contribution is 2.47. The van der Waals surface area contributed by atoms with Crippen LogP contribution in [0.2, 0.25) is 10.0 Å². The van der Waals surface area contributed by atoms with Gasteiger partial charge in [0.2, 0.25) is 0 Å². The van der Waals surface area contributed by atoms with Crippen molar-refractivity contribution in [3.63, 3.8) is 0 Å². The van der Waals surface area contributed by atoms with Crippen molar-refractivity contribution in [1.82, 2.24) is 5.16 Å². The van der Waals surface area contributed by atoms with Crippen molar-refractivity contribution >= 4 is 57.4 Å². The molecule has 7 heteroatoms. The number of aromatic nitrogens is 1. The third kappa shape index (κ3) is 3.23. The van der Waals surface area contributed by atoms with Crippen LogP contribution in [0.3, 0.4) is 0 Å². The molecule has 108 valence electrons. The minimum absolute atomic E-state index is 0. The van der Waals surface area contributed by atoms with Gasteiger partial charge in [-0.15, -0.1) is 25.9 Å². The summed E-state index contributed by atoms with van der Waals surface area (Å²) in [4.78, 5) is 0. The predicted molar refractivity (Wildman–Crippen MR) is 96.0 cm³/mol. The number of nitrogens with zero attached hydrogens (tertiary/aromatic N) is 1. The SMILES string of the molecule is Br.PPCc1c(-c2c(Cl)cccc2Cl)noc1C1CC1. The third-order valence-electron chi connectivity index (χ3n) is 3.25. The molecule has 2 atom stereocenters. The van der Waals surface area contributed by atoms with Gasteiger partial charge in [0.05, 0.1) is 10.0 Å². The van der Waals surface area contributed by atoms with Crippen LogP contribution in [0.1, 0.15) is 30.1 Å². The van der Waals surface area contributed by atoms with Crippen molar-refractivity contribution in [1.29, 1.82) is 0 Å². The van der Waals surface area contributed by atoms with E-state index < -0.39 is 0 Å². The highest BCUT2D eigenvalue weighted by molar-refractivity contribution is 8.93. The van der Waals surface area contributed by atoms with Crippen molar-refractivity contribution in [3.8, 4) is 11.3 Å². The molecule has 1 fully saturated rings. The summed E-state index contributed by atoms with van der Waals surface area (Å²) in [6, 6.07) is 5.51. The molecule has 2 unspecified atom stereocenters. The van der Waals surface area contributed by atoms with Crippen molar-refractivity contribution in [3.05, 3.63) is 39.6 Å². The number of hydrogen-bond donors (Lipinski definition) is 0. The maximum atomic E-state index is 6.27. The Hall–Kier alpha value is 0.350. The van der Waals surface area contributed by atoms with Crippen LogP contribution in [0.4, 0.5) is 0 Å². The van der Waals surface area contributed by atoms with Crippen LogP contribution in [0.15, 0.2) is 22.7 Å². The average Bonchev–Trinajstić information content (AvgIpc) is 3.14. The topological polar surface area (TPSA) is 26.0 Å². The fraction of sp³-hybridized carbons (Fsp3) is 0.308. The molecule has 1 aliphatic rings. The second-order valence-corrected chi connectivity index (χ2v) is 7.43. The van der Waals surface area contributed by atoms with Crippen LogP contribution in [-0.4, -0.2) is 5.16 Å². The van der Waals surface area contributed by atoms with Gasteiger partial charge < -0.3 is 4.52 Å². The summed E-state index contributed by atoms with van der Waals surface area (Å²) in [5, 5.41) is 5.48. The zero-order valence-electron chi connectivity index (χ0n) is 10.5. The minimum atomic E-state index is 0. The number of rotatable bonds is 4. The molecule has 0 bridgehead atoms. The molecule has 1 aliphatic carbocycles. The van der Waals surface area contributed by atoms with Crippen molar-refractivity contribution in [2.75, 3.05) is 0 Å². The zero-order chi connectivity index (χ0) is 13.4. The van der Waals surface area contributed by atoms with Gasteiger partial charge in [-0.05, 0) is 31.1 Å². The molecule has 1 heterocycles. The first-order chi connectivity index (χ1) is 9.22. The van der Waals surface area contributed by atoms with Gasteiger partial charge in [-0.2, -0.15) is 0 Å². The highest BCUT2D eigenvalue weighted by atomic mass is 79.9. The van der Waals surface area contributed by atoms with Gasteiger partial charge in [-0.1, -0.05) is 42.7 Å². The molecule has 0 N–H and O–H groups in total. The summed E-state index contributed by atoms with van der Waals surface area (Å²) < 4.78 is 5.56. The Morgan fingerprint density at radius 1 is 1.30 bits per heavy atom. The molecule has 2 nitrogen and oxygen atoms in total. The Morgan fingerprint density at radius 3 is 2.50 bits per heavy atom. The summed E-state index contributed by atoms with van der Waals surface area (Å²) in [6.45, 7) is 0. The van der Waals surface area contributed by atoms with E-state index in [0.29, 0.717) is 16.0 Å². The van der Waals surface area contributed by atoms with E-state index in [-0.39, 0.29) is 17.0 Å². The first-order valence-electron chi connectivity index (χ1n) is 6.08. The summed E-state index contributed by atoms with van der Waals surface area (Å²) in [7, 11) is 3.51. The summed E-state index contributed by atoms with van der Waals surface area (Å²) in [5.41, 5.74) is 2.78. The van der Waals surface area contributed by atoms with Gasteiger partial charge in [0.1, 0.15) is 11.5 Å². The molecule has 1 aromatic carbocycles. The summed E-state index contributed by atoms with van der Waals surface area (Å²) >= 11 is 12.5. The van der Waals surface area contributed by atoms with E-state index in [4.69, 9.17) is 27.7 Å².